The maximum Gasteiger partial charge on any atom is 0.336 e. The summed E-state index contributed by atoms with van der Waals surface area (Å²) in [5.41, 5.74) is -0.967. The lowest BCUT2D eigenvalue weighted by Gasteiger charge is -2.56. The van der Waals surface area contributed by atoms with Crippen molar-refractivity contribution in [1.29, 1.82) is 0 Å². The van der Waals surface area contributed by atoms with Gasteiger partial charge in [0.2, 0.25) is 11.6 Å². The number of likely N-dealkylation sites (N-methyl/N-ethyl adjacent to an activating group) is 2. The summed E-state index contributed by atoms with van der Waals surface area (Å²) in [4.78, 5) is 58.0. The Bertz CT molecular complexity index is 1130. The second-order valence-electron chi connectivity index (χ2n) is 12.1. The zero-order valence-corrected chi connectivity index (χ0v) is 24.8. The molecule has 10 nitrogen and oxygen atoms in total. The van der Waals surface area contributed by atoms with Crippen molar-refractivity contribution < 1.29 is 38.5 Å². The molecule has 222 valence electrons. The van der Waals surface area contributed by atoms with Gasteiger partial charge < -0.3 is 29.1 Å². The van der Waals surface area contributed by atoms with Gasteiger partial charge in [0, 0.05) is 56.8 Å². The van der Waals surface area contributed by atoms with E-state index in [2.05, 4.69) is 18.7 Å². The van der Waals surface area contributed by atoms with Crippen molar-refractivity contribution in [3.05, 3.63) is 22.9 Å². The number of nitrogens with zero attached hydrogens (tertiary/aromatic N) is 2. The molecule has 10 heteroatoms. The quantitative estimate of drug-likeness (QED) is 0.254. The minimum atomic E-state index is -1.19. The van der Waals surface area contributed by atoms with E-state index in [1.165, 1.54) is 14.0 Å². The van der Waals surface area contributed by atoms with Crippen LogP contribution >= 0.6 is 0 Å². The van der Waals surface area contributed by atoms with Gasteiger partial charge in [0.25, 0.3) is 0 Å². The fourth-order valence-electron chi connectivity index (χ4n) is 7.63. The molecule has 0 aromatic rings. The van der Waals surface area contributed by atoms with Crippen LogP contribution in [0.2, 0.25) is 0 Å². The Morgan fingerprint density at radius 2 is 1.82 bits per heavy atom. The Balaban J connectivity index is 1.89. The predicted octanol–water partition coefficient (Wildman–Crippen LogP) is 1.90. The lowest BCUT2D eigenvalue weighted by molar-refractivity contribution is -0.175. The van der Waals surface area contributed by atoms with Crippen LogP contribution in [0.3, 0.4) is 0 Å². The van der Waals surface area contributed by atoms with Crippen LogP contribution in [0.15, 0.2) is 22.9 Å². The molecule has 7 unspecified atom stereocenters. The third-order valence-corrected chi connectivity index (χ3v) is 9.90. The number of hydrogen-bond donors (Lipinski definition) is 1. The summed E-state index contributed by atoms with van der Waals surface area (Å²) in [6, 6.07) is 0. The molecule has 0 aromatic carbocycles. The van der Waals surface area contributed by atoms with Gasteiger partial charge in [0.1, 0.15) is 12.2 Å². The molecule has 3 aliphatic carbocycles. The van der Waals surface area contributed by atoms with Crippen LogP contribution in [0.4, 0.5) is 0 Å². The van der Waals surface area contributed by atoms with E-state index in [0.717, 1.165) is 19.6 Å². The van der Waals surface area contributed by atoms with Crippen LogP contribution in [0, 0.1) is 22.7 Å². The van der Waals surface area contributed by atoms with E-state index in [-0.39, 0.29) is 18.1 Å². The maximum atomic E-state index is 14.1. The Morgan fingerprint density at radius 1 is 1.15 bits per heavy atom. The van der Waals surface area contributed by atoms with E-state index in [1.54, 1.807) is 6.20 Å². The summed E-state index contributed by atoms with van der Waals surface area (Å²) in [6.07, 6.45) is 0.499. The van der Waals surface area contributed by atoms with Crippen LogP contribution in [-0.2, 0) is 33.4 Å². The van der Waals surface area contributed by atoms with Crippen molar-refractivity contribution in [2.45, 2.75) is 72.2 Å². The Kier molecular flexibility index (Phi) is 8.64. The fraction of sp³-hybridized carbons (Fsp3) is 0.733. The van der Waals surface area contributed by atoms with Crippen LogP contribution in [0.25, 0.3) is 0 Å². The highest BCUT2D eigenvalue weighted by molar-refractivity contribution is 6.47. The summed E-state index contributed by atoms with van der Waals surface area (Å²) >= 11 is 0. The first-order chi connectivity index (χ1) is 18.8. The summed E-state index contributed by atoms with van der Waals surface area (Å²) in [5, 5.41) is 10.9. The van der Waals surface area contributed by atoms with E-state index in [9.17, 15) is 24.3 Å². The van der Waals surface area contributed by atoms with Crippen molar-refractivity contribution >= 4 is 23.5 Å². The highest BCUT2D eigenvalue weighted by atomic mass is 16.6. The number of hydrogen-bond acceptors (Lipinski definition) is 10. The van der Waals surface area contributed by atoms with Crippen molar-refractivity contribution in [3.63, 3.8) is 0 Å². The van der Waals surface area contributed by atoms with Crippen molar-refractivity contribution in [3.8, 4) is 0 Å². The molecule has 0 amide bonds. The minimum absolute atomic E-state index is 0.000575. The van der Waals surface area contributed by atoms with Gasteiger partial charge in [-0.05, 0) is 43.8 Å². The number of allylic oxidation sites excluding steroid dienone is 1. The Morgan fingerprint density at radius 3 is 2.42 bits per heavy atom. The number of carbonyl (C=O) groups is 4. The summed E-state index contributed by atoms with van der Waals surface area (Å²) < 4.78 is 17.3. The number of methoxy groups -OCH3 is 1. The second kappa shape index (κ2) is 11.4. The smallest absolute Gasteiger partial charge is 0.336 e. The van der Waals surface area contributed by atoms with Gasteiger partial charge in [-0.15, -0.1) is 0 Å². The number of carbonyl (C=O) groups excluding carboxylic acids is 4. The molecule has 1 heterocycles. The molecule has 7 atom stereocenters. The topological polar surface area (TPSA) is 123 Å². The molecule has 0 radical (unpaired) electrons. The Hall–Kier alpha value is -2.56. The monoisotopic (exact) mass is 560 g/mol. The van der Waals surface area contributed by atoms with Crippen molar-refractivity contribution in [1.82, 2.24) is 9.80 Å². The number of Topliss-reactive ketones (excluding diaryl/α,β-unsaturated/α-hetero) is 2. The number of aliphatic hydroxyl groups is 1. The van der Waals surface area contributed by atoms with Gasteiger partial charge in [0.05, 0.1) is 24.2 Å². The zero-order valence-electron chi connectivity index (χ0n) is 24.8. The molecule has 4 aliphatic rings. The van der Waals surface area contributed by atoms with E-state index in [1.807, 2.05) is 25.8 Å². The van der Waals surface area contributed by atoms with Crippen LogP contribution in [0.1, 0.15) is 53.9 Å². The first kappa shape index (κ1) is 30.4. The molecule has 0 spiro atoms. The van der Waals surface area contributed by atoms with Gasteiger partial charge in [-0.3, -0.25) is 14.4 Å². The van der Waals surface area contributed by atoms with E-state index < -0.39 is 58.6 Å². The molecule has 0 aromatic heterocycles. The van der Waals surface area contributed by atoms with Crippen LogP contribution < -0.4 is 0 Å². The SMILES string of the molecule is CCN(CC)CCN(C)C=C1C(=O)OC(COC)C2(C)C3=C(C(=O)C(=O)C12)C1CCC(O)C1(C)CC3OC(C)=O. The van der Waals surface area contributed by atoms with Crippen molar-refractivity contribution in [2.75, 3.05) is 46.9 Å². The predicted molar refractivity (Wildman–Crippen MR) is 146 cm³/mol. The number of fused-ring (bicyclic) bond motifs is 4. The summed E-state index contributed by atoms with van der Waals surface area (Å²) in [6.45, 7) is 12.3. The van der Waals surface area contributed by atoms with Crippen LogP contribution in [0.5, 0.6) is 0 Å². The van der Waals surface area contributed by atoms with Crippen LogP contribution in [-0.4, -0.2) is 104 Å². The van der Waals surface area contributed by atoms with Gasteiger partial charge in [-0.25, -0.2) is 4.79 Å². The average Bonchev–Trinajstić information content (AvgIpc) is 3.18. The zero-order chi connectivity index (χ0) is 29.6. The highest BCUT2D eigenvalue weighted by Gasteiger charge is 2.67. The lowest BCUT2D eigenvalue weighted by Crippen LogP contribution is -2.63. The molecule has 1 aliphatic heterocycles. The lowest BCUT2D eigenvalue weighted by atomic mass is 9.50. The normalized spacial score (nSPS) is 36.4. The fourth-order valence-corrected chi connectivity index (χ4v) is 7.63. The Labute approximate surface area is 236 Å². The van der Waals surface area contributed by atoms with Gasteiger partial charge in [-0.2, -0.15) is 0 Å². The highest BCUT2D eigenvalue weighted by Crippen LogP contribution is 2.63. The third-order valence-electron chi connectivity index (χ3n) is 9.90. The number of ketones is 2. The first-order valence-corrected chi connectivity index (χ1v) is 14.4. The molecule has 1 N–H and O–H groups in total. The molecule has 2 fully saturated rings. The molecular formula is C30H44N2O8. The molecular weight excluding hydrogens is 516 g/mol. The summed E-state index contributed by atoms with van der Waals surface area (Å²) in [7, 11) is 3.31. The van der Waals surface area contributed by atoms with Gasteiger partial charge in [-0.1, -0.05) is 27.7 Å². The summed E-state index contributed by atoms with van der Waals surface area (Å²) in [5.74, 6) is -4.02. The van der Waals surface area contributed by atoms with E-state index in [4.69, 9.17) is 14.2 Å². The third kappa shape index (κ3) is 4.81. The molecule has 1 saturated heterocycles. The molecule has 1 saturated carbocycles. The van der Waals surface area contributed by atoms with E-state index >= 15 is 0 Å². The van der Waals surface area contributed by atoms with Gasteiger partial charge >= 0.3 is 11.9 Å². The van der Waals surface area contributed by atoms with Crippen molar-refractivity contribution in [2.24, 2.45) is 22.7 Å². The molecule has 4 rings (SSSR count). The number of ether oxygens (including phenoxy) is 3. The first-order valence-electron chi connectivity index (χ1n) is 14.4. The molecule has 40 heavy (non-hydrogen) atoms. The van der Waals surface area contributed by atoms with E-state index in [0.29, 0.717) is 37.0 Å². The number of cyclic esters (lactones) is 1. The van der Waals surface area contributed by atoms with Gasteiger partial charge in [0.15, 0.2) is 0 Å². The number of esters is 2. The second-order valence-corrected chi connectivity index (χ2v) is 12.1. The maximum absolute atomic E-state index is 14.1. The molecule has 0 bridgehead atoms. The average molecular weight is 561 g/mol. The largest absolute Gasteiger partial charge is 0.458 e. The number of aliphatic hydroxyl groups excluding tert-OH is 1. The minimum Gasteiger partial charge on any atom is -0.458 e. The standard InChI is InChI=1S/C30H44N2O8/c1-8-32(9-2)13-12-31(6)15-18-24-27(36)26(35)23-19-10-11-21(34)29(19,4)14-20(39-17(3)33)25(23)30(24,5)22(16-38-7)40-28(18)37/h15,19-22,24,34H,8-14,16H2,1-7H3. The number of rotatable bonds is 9.